The minimum Gasteiger partial charge on any atom is -0.290 e. The average Bonchev–Trinajstić information content (AvgIpc) is 2.08. The van der Waals surface area contributed by atoms with E-state index in [1.165, 1.54) is 6.20 Å². The quantitative estimate of drug-likeness (QED) is 0.354. The number of hydrogen-bond donors (Lipinski definition) is 2. The van der Waals surface area contributed by atoms with Crippen molar-refractivity contribution in [3.63, 3.8) is 0 Å². The van der Waals surface area contributed by atoms with Gasteiger partial charge in [-0.05, 0) is 37.9 Å². The third-order valence-corrected chi connectivity index (χ3v) is 2.96. The zero-order chi connectivity index (χ0) is 9.14. The SMILES string of the molecule is NNC(=O)c1cnc(Br)c(Br)c1. The van der Waals surface area contributed by atoms with Crippen LogP contribution in [0.4, 0.5) is 0 Å². The Morgan fingerprint density at radius 3 is 2.75 bits per heavy atom. The van der Waals surface area contributed by atoms with Gasteiger partial charge in [0.15, 0.2) is 0 Å². The van der Waals surface area contributed by atoms with Crippen LogP contribution in [0.3, 0.4) is 0 Å². The van der Waals surface area contributed by atoms with E-state index in [0.717, 1.165) is 0 Å². The van der Waals surface area contributed by atoms with Gasteiger partial charge in [0.25, 0.3) is 5.91 Å². The number of hydrazine groups is 1. The fourth-order valence-corrected chi connectivity index (χ4v) is 1.19. The maximum absolute atomic E-state index is 11.0. The predicted molar refractivity (Wildman–Crippen MR) is 51.3 cm³/mol. The summed E-state index contributed by atoms with van der Waals surface area (Å²) in [5, 5.41) is 0. The number of hydrogen-bond acceptors (Lipinski definition) is 3. The number of nitrogens with zero attached hydrogens (tertiary/aromatic N) is 1. The molecule has 1 aromatic heterocycles. The van der Waals surface area contributed by atoms with E-state index in [9.17, 15) is 4.79 Å². The maximum atomic E-state index is 11.0. The van der Waals surface area contributed by atoms with Crippen molar-refractivity contribution in [2.75, 3.05) is 0 Å². The topological polar surface area (TPSA) is 68.0 Å². The monoisotopic (exact) mass is 293 g/mol. The highest BCUT2D eigenvalue weighted by atomic mass is 79.9. The van der Waals surface area contributed by atoms with Crippen LogP contribution in [0.25, 0.3) is 0 Å². The first-order valence-electron chi connectivity index (χ1n) is 2.97. The van der Waals surface area contributed by atoms with E-state index < -0.39 is 0 Å². The average molecular weight is 295 g/mol. The Kier molecular flexibility index (Phi) is 3.19. The normalized spacial score (nSPS) is 9.58. The molecule has 1 heterocycles. The highest BCUT2D eigenvalue weighted by Gasteiger charge is 2.05. The molecule has 1 rings (SSSR count). The summed E-state index contributed by atoms with van der Waals surface area (Å²) in [5.41, 5.74) is 2.42. The van der Waals surface area contributed by atoms with Gasteiger partial charge >= 0.3 is 0 Å². The second-order valence-corrected chi connectivity index (χ2v) is 3.58. The van der Waals surface area contributed by atoms with Gasteiger partial charge in [0, 0.05) is 6.20 Å². The van der Waals surface area contributed by atoms with Gasteiger partial charge in [-0.15, -0.1) is 0 Å². The van der Waals surface area contributed by atoms with Gasteiger partial charge in [0.2, 0.25) is 0 Å². The Balaban J connectivity index is 3.05. The minimum atomic E-state index is -0.365. The van der Waals surface area contributed by atoms with Crippen molar-refractivity contribution in [1.82, 2.24) is 10.4 Å². The Morgan fingerprint density at radius 1 is 1.58 bits per heavy atom. The molecular formula is C6H5Br2N3O. The summed E-state index contributed by atoms with van der Waals surface area (Å²) >= 11 is 6.39. The van der Waals surface area contributed by atoms with E-state index in [1.807, 2.05) is 5.43 Å². The first-order valence-corrected chi connectivity index (χ1v) is 4.55. The van der Waals surface area contributed by atoms with Crippen molar-refractivity contribution in [1.29, 1.82) is 0 Å². The summed E-state index contributed by atoms with van der Waals surface area (Å²) in [7, 11) is 0. The molecule has 0 fully saturated rings. The standard InChI is InChI=1S/C6H5Br2N3O/c7-4-1-3(6(12)11-9)2-10-5(4)8/h1-2H,9H2,(H,11,12). The molecule has 0 saturated heterocycles. The van der Waals surface area contributed by atoms with Gasteiger partial charge in [0.05, 0.1) is 10.0 Å². The molecule has 0 bridgehead atoms. The second-order valence-electron chi connectivity index (χ2n) is 1.97. The van der Waals surface area contributed by atoms with E-state index in [2.05, 4.69) is 36.8 Å². The molecule has 1 amide bonds. The Hall–Kier alpha value is -0.460. The maximum Gasteiger partial charge on any atom is 0.266 e. The molecular weight excluding hydrogens is 290 g/mol. The zero-order valence-corrected chi connectivity index (χ0v) is 9.02. The fraction of sp³-hybridized carbons (Fsp3) is 0. The molecule has 0 radical (unpaired) electrons. The summed E-state index contributed by atoms with van der Waals surface area (Å²) in [6.45, 7) is 0. The highest BCUT2D eigenvalue weighted by Crippen LogP contribution is 2.20. The lowest BCUT2D eigenvalue weighted by Crippen LogP contribution is -2.30. The van der Waals surface area contributed by atoms with Crippen molar-refractivity contribution in [3.05, 3.63) is 26.9 Å². The summed E-state index contributed by atoms with van der Waals surface area (Å²) in [4.78, 5) is 14.9. The zero-order valence-electron chi connectivity index (χ0n) is 5.84. The highest BCUT2D eigenvalue weighted by molar-refractivity contribution is 9.13. The number of carbonyl (C=O) groups is 1. The molecule has 0 aliphatic rings. The predicted octanol–water partition coefficient (Wildman–Crippen LogP) is 1.21. The number of rotatable bonds is 1. The van der Waals surface area contributed by atoms with Crippen LogP contribution in [-0.4, -0.2) is 10.9 Å². The third-order valence-electron chi connectivity index (χ3n) is 1.19. The number of carbonyl (C=O) groups excluding carboxylic acids is 1. The van der Waals surface area contributed by atoms with Crippen LogP contribution in [0.2, 0.25) is 0 Å². The van der Waals surface area contributed by atoms with Crippen LogP contribution in [-0.2, 0) is 0 Å². The minimum absolute atomic E-state index is 0.365. The molecule has 0 aromatic carbocycles. The Morgan fingerprint density at radius 2 is 2.25 bits per heavy atom. The fourth-order valence-electron chi connectivity index (χ4n) is 0.629. The van der Waals surface area contributed by atoms with Crippen LogP contribution < -0.4 is 11.3 Å². The first-order chi connectivity index (χ1) is 5.65. The largest absolute Gasteiger partial charge is 0.290 e. The molecule has 0 saturated carbocycles. The van der Waals surface area contributed by atoms with Crippen molar-refractivity contribution in [2.24, 2.45) is 5.84 Å². The number of nitrogens with one attached hydrogen (secondary N) is 1. The molecule has 1 aromatic rings. The number of pyridine rings is 1. The van der Waals surface area contributed by atoms with Crippen LogP contribution in [0.1, 0.15) is 10.4 Å². The van der Waals surface area contributed by atoms with E-state index in [4.69, 9.17) is 5.84 Å². The number of nitrogen functional groups attached to an aromatic ring is 1. The lowest BCUT2D eigenvalue weighted by atomic mass is 10.3. The van der Waals surface area contributed by atoms with E-state index in [-0.39, 0.29) is 5.91 Å². The third kappa shape index (κ3) is 2.02. The van der Waals surface area contributed by atoms with E-state index in [1.54, 1.807) is 6.07 Å². The summed E-state index contributed by atoms with van der Waals surface area (Å²) in [5.74, 6) is 4.57. The molecule has 0 unspecified atom stereocenters. The molecule has 0 spiro atoms. The van der Waals surface area contributed by atoms with Crippen molar-refractivity contribution >= 4 is 37.8 Å². The number of aromatic nitrogens is 1. The summed E-state index contributed by atoms with van der Waals surface area (Å²) < 4.78 is 1.36. The van der Waals surface area contributed by atoms with Gasteiger partial charge in [0.1, 0.15) is 4.60 Å². The van der Waals surface area contributed by atoms with Crippen LogP contribution in [0.15, 0.2) is 21.3 Å². The van der Waals surface area contributed by atoms with Gasteiger partial charge in [-0.2, -0.15) is 0 Å². The van der Waals surface area contributed by atoms with Crippen molar-refractivity contribution in [3.8, 4) is 0 Å². The lowest BCUT2D eigenvalue weighted by Gasteiger charge is -2.00. The molecule has 4 nitrogen and oxygen atoms in total. The Bertz CT molecular complexity index is 316. The molecule has 12 heavy (non-hydrogen) atoms. The van der Waals surface area contributed by atoms with Gasteiger partial charge < -0.3 is 0 Å². The van der Waals surface area contributed by atoms with Gasteiger partial charge in [-0.25, -0.2) is 10.8 Å². The summed E-state index contributed by atoms with van der Waals surface area (Å²) in [6, 6.07) is 1.62. The van der Waals surface area contributed by atoms with Gasteiger partial charge in [-0.3, -0.25) is 10.2 Å². The molecule has 0 atom stereocenters. The van der Waals surface area contributed by atoms with Crippen LogP contribution in [0, 0.1) is 0 Å². The lowest BCUT2D eigenvalue weighted by molar-refractivity contribution is 0.0953. The second kappa shape index (κ2) is 3.97. The smallest absolute Gasteiger partial charge is 0.266 e. The van der Waals surface area contributed by atoms with Gasteiger partial charge in [-0.1, -0.05) is 0 Å². The van der Waals surface area contributed by atoms with E-state index in [0.29, 0.717) is 14.6 Å². The van der Waals surface area contributed by atoms with Crippen LogP contribution in [0.5, 0.6) is 0 Å². The molecule has 0 aliphatic heterocycles. The molecule has 3 N–H and O–H groups in total. The van der Waals surface area contributed by atoms with E-state index >= 15 is 0 Å². The number of nitrogens with two attached hydrogens (primary N) is 1. The molecule has 64 valence electrons. The number of amides is 1. The van der Waals surface area contributed by atoms with Crippen molar-refractivity contribution in [2.45, 2.75) is 0 Å². The van der Waals surface area contributed by atoms with Crippen LogP contribution >= 0.6 is 31.9 Å². The molecule has 0 aliphatic carbocycles. The Labute approximate surface area is 85.8 Å². The summed E-state index contributed by atoms with van der Waals surface area (Å²) in [6.07, 6.45) is 1.43. The number of halogens is 2. The molecule has 6 heteroatoms. The van der Waals surface area contributed by atoms with Crippen molar-refractivity contribution < 1.29 is 4.79 Å². The first kappa shape index (κ1) is 9.63.